The number of methoxy groups -OCH3 is 2. The minimum absolute atomic E-state index is 0.0450. The Kier molecular flexibility index (Phi) is 5.19. The number of phenols is 1. The van der Waals surface area contributed by atoms with E-state index in [-0.39, 0.29) is 23.6 Å². The van der Waals surface area contributed by atoms with Gasteiger partial charge in [0.25, 0.3) is 0 Å². The Morgan fingerprint density at radius 2 is 1.95 bits per heavy atom. The van der Waals surface area contributed by atoms with Crippen molar-refractivity contribution in [3.05, 3.63) is 17.7 Å². The molecule has 1 aromatic carbocycles. The zero-order valence-corrected chi connectivity index (χ0v) is 12.9. The first kappa shape index (κ1) is 15.8. The third kappa shape index (κ3) is 3.19. The second-order valence-electron chi connectivity index (χ2n) is 4.60. The van der Waals surface area contributed by atoms with E-state index >= 15 is 0 Å². The van der Waals surface area contributed by atoms with Gasteiger partial charge in [-0.1, -0.05) is 0 Å². The molecule has 1 aliphatic heterocycles. The molecule has 1 aromatic rings. The van der Waals surface area contributed by atoms with E-state index in [2.05, 4.69) is 0 Å². The number of ether oxygens (including phenoxy) is 2. The molecule has 21 heavy (non-hydrogen) atoms. The van der Waals surface area contributed by atoms with Crippen LogP contribution in [-0.4, -0.2) is 54.1 Å². The van der Waals surface area contributed by atoms with Gasteiger partial charge in [0, 0.05) is 13.2 Å². The van der Waals surface area contributed by atoms with Crippen LogP contribution in [0.4, 0.5) is 0 Å². The Morgan fingerprint density at radius 1 is 1.33 bits per heavy atom. The fraction of sp³-hybridized carbons (Fsp3) is 0.500. The summed E-state index contributed by atoms with van der Waals surface area (Å²) in [6, 6.07) is 3.42. The molecule has 1 amide bonds. The second kappa shape index (κ2) is 6.91. The van der Waals surface area contributed by atoms with Crippen molar-refractivity contribution in [2.24, 2.45) is 0 Å². The maximum atomic E-state index is 12.0. The number of aliphatic hydroxyl groups excluding tert-OH is 1. The van der Waals surface area contributed by atoms with Crippen LogP contribution in [0.2, 0.25) is 0 Å². The molecule has 7 heteroatoms. The van der Waals surface area contributed by atoms with Crippen LogP contribution in [0.25, 0.3) is 0 Å². The minimum atomic E-state index is -0.160. The molecule has 0 aliphatic carbocycles. The molecule has 0 radical (unpaired) electrons. The first-order valence-electron chi connectivity index (χ1n) is 6.59. The summed E-state index contributed by atoms with van der Waals surface area (Å²) >= 11 is 1.51. The van der Waals surface area contributed by atoms with Crippen molar-refractivity contribution in [2.75, 3.05) is 33.1 Å². The molecule has 1 heterocycles. The topological polar surface area (TPSA) is 79.2 Å². The Hall–Kier alpha value is -1.60. The molecule has 2 N–H and O–H groups in total. The summed E-state index contributed by atoms with van der Waals surface area (Å²) in [7, 11) is 2.93. The molecule has 2 rings (SSSR count). The summed E-state index contributed by atoms with van der Waals surface area (Å²) < 4.78 is 10.3. The molecule has 1 atom stereocenters. The first-order chi connectivity index (χ1) is 10.1. The molecule has 0 bridgehead atoms. The van der Waals surface area contributed by atoms with Gasteiger partial charge in [0.15, 0.2) is 11.5 Å². The lowest BCUT2D eigenvalue weighted by Gasteiger charge is -2.25. The van der Waals surface area contributed by atoms with E-state index in [1.165, 1.54) is 26.0 Å². The van der Waals surface area contributed by atoms with E-state index in [0.29, 0.717) is 30.2 Å². The number of thioether (sulfide) groups is 1. The van der Waals surface area contributed by atoms with Crippen molar-refractivity contribution in [1.29, 1.82) is 0 Å². The average molecular weight is 313 g/mol. The zero-order valence-electron chi connectivity index (χ0n) is 12.0. The summed E-state index contributed by atoms with van der Waals surface area (Å²) in [6.07, 6.45) is 0.537. The number of phenolic OH excluding ortho intramolecular Hbond substituents is 1. The molecule has 1 unspecified atom stereocenters. The van der Waals surface area contributed by atoms with E-state index in [1.54, 1.807) is 17.0 Å². The van der Waals surface area contributed by atoms with E-state index < -0.39 is 0 Å². The number of amides is 1. The van der Waals surface area contributed by atoms with Crippen LogP contribution in [0.15, 0.2) is 12.1 Å². The zero-order chi connectivity index (χ0) is 15.4. The van der Waals surface area contributed by atoms with Gasteiger partial charge in [-0.25, -0.2) is 0 Å². The summed E-state index contributed by atoms with van der Waals surface area (Å²) in [6.45, 7) is 0.544. The maximum Gasteiger partial charge on any atom is 0.233 e. The lowest BCUT2D eigenvalue weighted by Crippen LogP contribution is -2.29. The van der Waals surface area contributed by atoms with Gasteiger partial charge in [-0.3, -0.25) is 4.79 Å². The molecule has 0 saturated carbocycles. The number of hydrogen-bond acceptors (Lipinski definition) is 6. The van der Waals surface area contributed by atoms with Crippen LogP contribution in [-0.2, 0) is 4.79 Å². The summed E-state index contributed by atoms with van der Waals surface area (Å²) in [5.41, 5.74) is 0.829. The predicted molar refractivity (Wildman–Crippen MR) is 79.8 cm³/mol. The Bertz CT molecular complexity index is 497. The van der Waals surface area contributed by atoms with Crippen LogP contribution in [0, 0.1) is 0 Å². The van der Waals surface area contributed by atoms with Gasteiger partial charge in [0.1, 0.15) is 5.37 Å². The van der Waals surface area contributed by atoms with Crippen molar-refractivity contribution in [3.63, 3.8) is 0 Å². The lowest BCUT2D eigenvalue weighted by atomic mass is 10.1. The van der Waals surface area contributed by atoms with Crippen LogP contribution in [0.3, 0.4) is 0 Å². The van der Waals surface area contributed by atoms with Crippen molar-refractivity contribution in [1.82, 2.24) is 4.90 Å². The minimum Gasteiger partial charge on any atom is -0.502 e. The summed E-state index contributed by atoms with van der Waals surface area (Å²) in [4.78, 5) is 13.7. The van der Waals surface area contributed by atoms with Gasteiger partial charge < -0.3 is 24.6 Å². The van der Waals surface area contributed by atoms with E-state index in [1.807, 2.05) is 0 Å². The smallest absolute Gasteiger partial charge is 0.233 e. The highest BCUT2D eigenvalue weighted by molar-refractivity contribution is 8.00. The number of aromatic hydroxyl groups is 1. The van der Waals surface area contributed by atoms with Crippen molar-refractivity contribution in [3.8, 4) is 17.2 Å². The SMILES string of the molecule is COc1cc(C2SCC(=O)N2CCCO)cc(OC)c1O. The van der Waals surface area contributed by atoms with Crippen molar-refractivity contribution >= 4 is 17.7 Å². The van der Waals surface area contributed by atoms with Crippen LogP contribution < -0.4 is 9.47 Å². The number of carbonyl (C=O) groups excluding carboxylic acids is 1. The third-order valence-corrected chi connectivity index (χ3v) is 4.57. The van der Waals surface area contributed by atoms with Gasteiger partial charge in [0.2, 0.25) is 11.7 Å². The van der Waals surface area contributed by atoms with Crippen LogP contribution in [0.1, 0.15) is 17.4 Å². The number of rotatable bonds is 6. The van der Waals surface area contributed by atoms with Crippen molar-refractivity contribution in [2.45, 2.75) is 11.8 Å². The molecular weight excluding hydrogens is 294 g/mol. The Labute approximate surface area is 127 Å². The average Bonchev–Trinajstić information content (AvgIpc) is 2.86. The molecular formula is C14H19NO5S. The fourth-order valence-electron chi connectivity index (χ4n) is 2.27. The second-order valence-corrected chi connectivity index (χ2v) is 5.67. The van der Waals surface area contributed by atoms with Gasteiger partial charge in [-0.05, 0) is 24.1 Å². The van der Waals surface area contributed by atoms with E-state index in [9.17, 15) is 9.90 Å². The third-order valence-electron chi connectivity index (χ3n) is 3.31. The number of aliphatic hydroxyl groups is 1. The number of hydrogen-bond donors (Lipinski definition) is 2. The fourth-order valence-corrected chi connectivity index (χ4v) is 3.47. The highest BCUT2D eigenvalue weighted by atomic mass is 32.2. The quantitative estimate of drug-likeness (QED) is 0.826. The molecule has 6 nitrogen and oxygen atoms in total. The van der Waals surface area contributed by atoms with Gasteiger partial charge in [-0.15, -0.1) is 11.8 Å². The normalized spacial score (nSPS) is 18.1. The maximum absolute atomic E-state index is 12.0. The standard InChI is InChI=1S/C14H19NO5S/c1-19-10-6-9(7-11(20-2)13(10)18)14-15(4-3-5-16)12(17)8-21-14/h6-7,14,16,18H,3-5,8H2,1-2H3. The van der Waals surface area contributed by atoms with E-state index in [4.69, 9.17) is 14.6 Å². The molecule has 1 fully saturated rings. The number of carbonyl (C=O) groups is 1. The Morgan fingerprint density at radius 3 is 2.48 bits per heavy atom. The van der Waals surface area contributed by atoms with E-state index in [0.717, 1.165) is 5.56 Å². The molecule has 1 saturated heterocycles. The van der Waals surface area contributed by atoms with Gasteiger partial charge in [-0.2, -0.15) is 0 Å². The van der Waals surface area contributed by atoms with Gasteiger partial charge >= 0.3 is 0 Å². The first-order valence-corrected chi connectivity index (χ1v) is 7.64. The highest BCUT2D eigenvalue weighted by Crippen LogP contribution is 2.45. The molecule has 0 spiro atoms. The number of benzene rings is 1. The molecule has 0 aromatic heterocycles. The van der Waals surface area contributed by atoms with Gasteiger partial charge in [0.05, 0.1) is 20.0 Å². The molecule has 1 aliphatic rings. The summed E-state index contributed by atoms with van der Waals surface area (Å²) in [5.74, 6) is 1.02. The summed E-state index contributed by atoms with van der Waals surface area (Å²) in [5, 5.41) is 18.7. The van der Waals surface area contributed by atoms with Crippen molar-refractivity contribution < 1.29 is 24.5 Å². The largest absolute Gasteiger partial charge is 0.502 e. The lowest BCUT2D eigenvalue weighted by molar-refractivity contribution is -0.128. The van der Waals surface area contributed by atoms with Crippen LogP contribution in [0.5, 0.6) is 17.2 Å². The van der Waals surface area contributed by atoms with Crippen LogP contribution >= 0.6 is 11.8 Å². The predicted octanol–water partition coefficient (Wildman–Crippen LogP) is 1.37. The Balaban J connectivity index is 2.33. The monoisotopic (exact) mass is 313 g/mol. The number of nitrogens with zero attached hydrogens (tertiary/aromatic N) is 1. The highest BCUT2D eigenvalue weighted by Gasteiger charge is 2.33. The molecule has 116 valence electrons.